The second-order valence-electron chi connectivity index (χ2n) is 5.95. The second kappa shape index (κ2) is 7.99. The van der Waals surface area contributed by atoms with Gasteiger partial charge in [-0.25, -0.2) is 5.84 Å². The fourth-order valence-corrected chi connectivity index (χ4v) is 3.05. The van der Waals surface area contributed by atoms with Crippen LogP contribution in [-0.2, 0) is 4.74 Å². The Bertz CT molecular complexity index is 620. The SMILES string of the molecule is N=C(/C=C(\NN)N1CCOCC1)N1CC=C(c2ccccc2)CC1. The molecule has 2 heterocycles. The number of nitrogens with two attached hydrogens (primary N) is 1. The van der Waals surface area contributed by atoms with Crippen LogP contribution in [0.3, 0.4) is 0 Å². The summed E-state index contributed by atoms with van der Waals surface area (Å²) in [5, 5.41) is 8.37. The van der Waals surface area contributed by atoms with Crippen molar-refractivity contribution in [3.63, 3.8) is 0 Å². The molecule has 0 aliphatic carbocycles. The van der Waals surface area contributed by atoms with E-state index >= 15 is 0 Å². The van der Waals surface area contributed by atoms with Crippen molar-refractivity contribution >= 4 is 11.4 Å². The van der Waals surface area contributed by atoms with Gasteiger partial charge in [-0.2, -0.15) is 0 Å². The molecular formula is C18H25N5O. The minimum absolute atomic E-state index is 0.484. The van der Waals surface area contributed by atoms with Gasteiger partial charge in [-0.05, 0) is 17.6 Å². The van der Waals surface area contributed by atoms with E-state index in [1.54, 1.807) is 0 Å². The minimum Gasteiger partial charge on any atom is -0.378 e. The van der Waals surface area contributed by atoms with Gasteiger partial charge in [0.2, 0.25) is 0 Å². The van der Waals surface area contributed by atoms with Crippen molar-refractivity contribution in [1.29, 1.82) is 5.41 Å². The van der Waals surface area contributed by atoms with Gasteiger partial charge in [-0.3, -0.25) is 5.41 Å². The van der Waals surface area contributed by atoms with Crippen molar-refractivity contribution in [3.8, 4) is 0 Å². The topological polar surface area (TPSA) is 77.6 Å². The number of hydrazine groups is 1. The van der Waals surface area contributed by atoms with Gasteiger partial charge in [0.1, 0.15) is 11.7 Å². The third-order valence-corrected chi connectivity index (χ3v) is 4.47. The molecule has 0 bridgehead atoms. The first-order valence-electron chi connectivity index (χ1n) is 8.37. The monoisotopic (exact) mass is 327 g/mol. The zero-order valence-corrected chi connectivity index (χ0v) is 13.9. The molecule has 6 nitrogen and oxygen atoms in total. The summed E-state index contributed by atoms with van der Waals surface area (Å²) in [5.41, 5.74) is 5.36. The summed E-state index contributed by atoms with van der Waals surface area (Å²) in [6, 6.07) is 10.4. The Morgan fingerprint density at radius 1 is 1.12 bits per heavy atom. The third-order valence-electron chi connectivity index (χ3n) is 4.47. The van der Waals surface area contributed by atoms with Crippen LogP contribution in [0, 0.1) is 5.41 Å². The molecule has 24 heavy (non-hydrogen) atoms. The van der Waals surface area contributed by atoms with E-state index < -0.39 is 0 Å². The third kappa shape index (κ3) is 3.96. The van der Waals surface area contributed by atoms with Crippen LogP contribution in [0.1, 0.15) is 12.0 Å². The average molecular weight is 327 g/mol. The second-order valence-corrected chi connectivity index (χ2v) is 5.95. The highest BCUT2D eigenvalue weighted by Gasteiger charge is 2.17. The summed E-state index contributed by atoms with van der Waals surface area (Å²) in [4.78, 5) is 4.18. The predicted molar refractivity (Wildman–Crippen MR) is 96.1 cm³/mol. The summed E-state index contributed by atoms with van der Waals surface area (Å²) in [5.74, 6) is 6.91. The first kappa shape index (κ1) is 16.5. The Morgan fingerprint density at radius 2 is 1.88 bits per heavy atom. The van der Waals surface area contributed by atoms with E-state index in [1.807, 2.05) is 12.1 Å². The van der Waals surface area contributed by atoms with E-state index in [2.05, 4.69) is 45.6 Å². The lowest BCUT2D eigenvalue weighted by Crippen LogP contribution is -2.43. The molecule has 0 spiro atoms. The standard InChI is InChI=1S/C18H25N5O/c19-17(14-18(21-20)23-10-12-24-13-11-23)22-8-6-16(7-9-22)15-4-2-1-3-5-15/h1-6,14,19,21H,7-13,20H2/b18-14+,19-17?. The lowest BCUT2D eigenvalue weighted by molar-refractivity contribution is 0.0504. The molecule has 0 unspecified atom stereocenters. The number of hydrogen-bond acceptors (Lipinski definition) is 5. The molecule has 2 aliphatic rings. The minimum atomic E-state index is 0.484. The first-order valence-corrected chi connectivity index (χ1v) is 8.37. The molecule has 1 aromatic rings. The largest absolute Gasteiger partial charge is 0.378 e. The van der Waals surface area contributed by atoms with Crippen LogP contribution in [0.4, 0.5) is 0 Å². The molecule has 0 radical (unpaired) electrons. The quantitative estimate of drug-likeness (QED) is 0.337. The van der Waals surface area contributed by atoms with Crippen molar-refractivity contribution in [2.75, 3.05) is 39.4 Å². The Hall–Kier alpha value is -2.31. The number of hydrogen-bond donors (Lipinski definition) is 3. The molecule has 0 atom stereocenters. The van der Waals surface area contributed by atoms with Crippen LogP contribution in [0.5, 0.6) is 0 Å². The molecule has 1 fully saturated rings. The number of benzene rings is 1. The van der Waals surface area contributed by atoms with Crippen molar-refractivity contribution < 1.29 is 4.74 Å². The molecule has 4 N–H and O–H groups in total. The highest BCUT2D eigenvalue weighted by molar-refractivity contribution is 5.91. The maximum absolute atomic E-state index is 8.37. The van der Waals surface area contributed by atoms with Crippen molar-refractivity contribution in [2.24, 2.45) is 5.84 Å². The van der Waals surface area contributed by atoms with Crippen LogP contribution < -0.4 is 11.3 Å². The van der Waals surface area contributed by atoms with Crippen molar-refractivity contribution in [2.45, 2.75) is 6.42 Å². The van der Waals surface area contributed by atoms with Gasteiger partial charge in [-0.15, -0.1) is 0 Å². The van der Waals surface area contributed by atoms with Gasteiger partial charge in [0.25, 0.3) is 0 Å². The fraction of sp³-hybridized carbons (Fsp3) is 0.389. The maximum atomic E-state index is 8.37. The van der Waals surface area contributed by atoms with Gasteiger partial charge in [0.15, 0.2) is 0 Å². The molecule has 2 aliphatic heterocycles. The molecular weight excluding hydrogens is 302 g/mol. The Balaban J connectivity index is 1.63. The predicted octanol–water partition coefficient (Wildman–Crippen LogP) is 1.39. The zero-order chi connectivity index (χ0) is 16.8. The van der Waals surface area contributed by atoms with E-state index in [1.165, 1.54) is 11.1 Å². The smallest absolute Gasteiger partial charge is 0.124 e. The number of ether oxygens (including phenoxy) is 1. The Morgan fingerprint density at radius 3 is 2.50 bits per heavy atom. The zero-order valence-electron chi connectivity index (χ0n) is 13.9. The van der Waals surface area contributed by atoms with E-state index in [0.717, 1.165) is 38.4 Å². The molecule has 0 amide bonds. The molecule has 0 saturated carbocycles. The number of nitrogens with one attached hydrogen (secondary N) is 2. The van der Waals surface area contributed by atoms with Gasteiger partial charge in [0, 0.05) is 32.3 Å². The normalized spacial score (nSPS) is 19.0. The highest BCUT2D eigenvalue weighted by Crippen LogP contribution is 2.22. The lowest BCUT2D eigenvalue weighted by Gasteiger charge is -2.32. The van der Waals surface area contributed by atoms with Gasteiger partial charge in [-0.1, -0.05) is 36.4 Å². The van der Waals surface area contributed by atoms with E-state index in [0.29, 0.717) is 19.0 Å². The highest BCUT2D eigenvalue weighted by atomic mass is 16.5. The molecule has 6 heteroatoms. The first-order chi connectivity index (χ1) is 11.8. The van der Waals surface area contributed by atoms with Crippen LogP contribution >= 0.6 is 0 Å². The van der Waals surface area contributed by atoms with E-state index in [-0.39, 0.29) is 0 Å². The maximum Gasteiger partial charge on any atom is 0.124 e. The van der Waals surface area contributed by atoms with Gasteiger partial charge < -0.3 is 20.0 Å². The molecule has 1 aromatic carbocycles. The van der Waals surface area contributed by atoms with E-state index in [4.69, 9.17) is 16.0 Å². The Labute approximate surface area is 143 Å². The van der Waals surface area contributed by atoms with Crippen LogP contribution in [0.2, 0.25) is 0 Å². The summed E-state index contributed by atoms with van der Waals surface area (Å²) < 4.78 is 5.36. The lowest BCUT2D eigenvalue weighted by atomic mass is 9.99. The van der Waals surface area contributed by atoms with Crippen molar-refractivity contribution in [1.82, 2.24) is 15.2 Å². The summed E-state index contributed by atoms with van der Waals surface area (Å²) in [7, 11) is 0. The Kier molecular flexibility index (Phi) is 5.51. The summed E-state index contributed by atoms with van der Waals surface area (Å²) >= 11 is 0. The molecule has 3 rings (SSSR count). The summed E-state index contributed by atoms with van der Waals surface area (Å²) in [6.07, 6.45) is 4.97. The number of amidine groups is 1. The van der Waals surface area contributed by atoms with Crippen LogP contribution in [0.25, 0.3) is 5.57 Å². The molecule has 0 aromatic heterocycles. The summed E-state index contributed by atoms with van der Waals surface area (Å²) in [6.45, 7) is 4.57. The average Bonchev–Trinajstić information content (AvgIpc) is 2.67. The van der Waals surface area contributed by atoms with E-state index in [9.17, 15) is 0 Å². The van der Waals surface area contributed by atoms with Gasteiger partial charge >= 0.3 is 0 Å². The fourth-order valence-electron chi connectivity index (χ4n) is 3.05. The van der Waals surface area contributed by atoms with Crippen molar-refractivity contribution in [3.05, 3.63) is 53.9 Å². The van der Waals surface area contributed by atoms with Crippen LogP contribution in [0.15, 0.2) is 48.3 Å². The van der Waals surface area contributed by atoms with Crippen LogP contribution in [-0.4, -0.2) is 55.0 Å². The number of nitrogens with zero attached hydrogens (tertiary/aromatic N) is 2. The molecule has 1 saturated heterocycles. The number of rotatable bonds is 4. The molecule has 128 valence electrons. The number of morpholine rings is 1. The van der Waals surface area contributed by atoms with Gasteiger partial charge in [0.05, 0.1) is 13.2 Å².